The second kappa shape index (κ2) is 8.07. The van der Waals surface area contributed by atoms with Crippen LogP contribution in [0, 0.1) is 0 Å². The maximum Gasteiger partial charge on any atom is 0.145 e. The molecule has 2 aliphatic rings. The van der Waals surface area contributed by atoms with Gasteiger partial charge in [-0.3, -0.25) is 4.90 Å². The Labute approximate surface area is 154 Å². The van der Waals surface area contributed by atoms with Crippen molar-refractivity contribution in [3.05, 3.63) is 33.3 Å². The predicted molar refractivity (Wildman–Crippen MR) is 101 cm³/mol. The van der Waals surface area contributed by atoms with Gasteiger partial charge in [0, 0.05) is 55.9 Å². The highest BCUT2D eigenvalue weighted by Gasteiger charge is 2.18. The molecule has 0 aliphatic carbocycles. The molecule has 132 valence electrons. The number of fused-ring (bicyclic) bond motifs is 1. The Kier molecular flexibility index (Phi) is 6.06. The number of hydrogen-bond donors (Lipinski definition) is 1. The molecule has 0 bridgehead atoms. The van der Waals surface area contributed by atoms with Crippen molar-refractivity contribution in [1.29, 1.82) is 0 Å². The van der Waals surface area contributed by atoms with Crippen molar-refractivity contribution < 1.29 is 4.74 Å². The van der Waals surface area contributed by atoms with Crippen LogP contribution in [0.1, 0.15) is 12.5 Å². The molecule has 3 rings (SSSR count). The minimum absolute atomic E-state index is 0.443. The van der Waals surface area contributed by atoms with E-state index in [9.17, 15) is 0 Å². The van der Waals surface area contributed by atoms with Crippen LogP contribution in [0.5, 0.6) is 5.75 Å². The monoisotopic (exact) mass is 369 g/mol. The lowest BCUT2D eigenvalue weighted by Gasteiger charge is -2.34. The van der Waals surface area contributed by atoms with E-state index < -0.39 is 0 Å². The molecule has 24 heavy (non-hydrogen) atoms. The van der Waals surface area contributed by atoms with Crippen LogP contribution < -0.4 is 10.1 Å². The Morgan fingerprint density at radius 1 is 1.21 bits per heavy atom. The Morgan fingerprint density at radius 3 is 2.71 bits per heavy atom. The molecule has 1 aromatic rings. The molecule has 0 saturated carbocycles. The van der Waals surface area contributed by atoms with Gasteiger partial charge in [0.25, 0.3) is 0 Å². The van der Waals surface area contributed by atoms with Gasteiger partial charge in [-0.15, -0.1) is 0 Å². The molecule has 4 nitrogen and oxygen atoms in total. The van der Waals surface area contributed by atoms with Crippen LogP contribution in [0.15, 0.2) is 17.7 Å². The fourth-order valence-corrected chi connectivity index (χ4v) is 3.72. The average Bonchev–Trinajstić information content (AvgIpc) is 2.54. The van der Waals surface area contributed by atoms with E-state index in [1.165, 1.54) is 5.57 Å². The van der Waals surface area contributed by atoms with Crippen LogP contribution in [-0.4, -0.2) is 68.8 Å². The number of rotatable bonds is 5. The van der Waals surface area contributed by atoms with E-state index in [-0.39, 0.29) is 0 Å². The van der Waals surface area contributed by atoms with Gasteiger partial charge >= 0.3 is 0 Å². The molecule has 0 aromatic heterocycles. The topological polar surface area (TPSA) is 27.7 Å². The van der Waals surface area contributed by atoms with Gasteiger partial charge in [-0.2, -0.15) is 0 Å². The molecule has 0 radical (unpaired) electrons. The van der Waals surface area contributed by atoms with Gasteiger partial charge in [0.2, 0.25) is 0 Å². The van der Waals surface area contributed by atoms with Gasteiger partial charge < -0.3 is 15.0 Å². The average molecular weight is 370 g/mol. The van der Waals surface area contributed by atoms with Gasteiger partial charge in [0.15, 0.2) is 0 Å². The summed E-state index contributed by atoms with van der Waals surface area (Å²) in [5, 5.41) is 4.81. The number of halogens is 2. The van der Waals surface area contributed by atoms with Crippen molar-refractivity contribution in [2.75, 3.05) is 52.9 Å². The lowest BCUT2D eigenvalue weighted by molar-refractivity contribution is 0.144. The number of benzene rings is 1. The Hall–Kier alpha value is -0.780. The van der Waals surface area contributed by atoms with Gasteiger partial charge in [-0.1, -0.05) is 23.2 Å². The molecular formula is C18H25Cl2N3O. The summed E-state index contributed by atoms with van der Waals surface area (Å²) in [7, 11) is 2.19. The van der Waals surface area contributed by atoms with Crippen molar-refractivity contribution in [2.45, 2.75) is 13.0 Å². The van der Waals surface area contributed by atoms with Crippen molar-refractivity contribution in [1.82, 2.24) is 15.1 Å². The zero-order chi connectivity index (χ0) is 17.1. The van der Waals surface area contributed by atoms with E-state index in [2.05, 4.69) is 35.2 Å². The van der Waals surface area contributed by atoms with E-state index in [0.717, 1.165) is 50.6 Å². The number of piperazine rings is 1. The highest BCUT2D eigenvalue weighted by atomic mass is 35.5. The van der Waals surface area contributed by atoms with Gasteiger partial charge in [0.1, 0.15) is 12.4 Å². The summed E-state index contributed by atoms with van der Waals surface area (Å²) >= 11 is 12.3. The Morgan fingerprint density at radius 2 is 1.96 bits per heavy atom. The number of nitrogens with zero attached hydrogens (tertiary/aromatic N) is 2. The standard InChI is InChI=1S/C18H25Cl2N3O/c1-13(11-23-5-3-22(2)4-6-23)21-10-14-7-15-8-16(19)9-17(20)18(15)24-12-14/h7-9,13,21H,3-6,10-12H2,1-2H3. The fourth-order valence-electron chi connectivity index (χ4n) is 3.16. The molecule has 1 saturated heterocycles. The summed E-state index contributed by atoms with van der Waals surface area (Å²) in [5.74, 6) is 0.732. The highest BCUT2D eigenvalue weighted by molar-refractivity contribution is 6.36. The summed E-state index contributed by atoms with van der Waals surface area (Å²) in [4.78, 5) is 4.91. The van der Waals surface area contributed by atoms with Gasteiger partial charge in [-0.25, -0.2) is 0 Å². The molecule has 2 heterocycles. The molecule has 6 heteroatoms. The smallest absolute Gasteiger partial charge is 0.145 e. The Bertz CT molecular complexity index is 613. The van der Waals surface area contributed by atoms with Crippen molar-refractivity contribution in [2.24, 2.45) is 0 Å². The zero-order valence-electron chi connectivity index (χ0n) is 14.3. The molecular weight excluding hydrogens is 345 g/mol. The maximum absolute atomic E-state index is 6.18. The summed E-state index contributed by atoms with van der Waals surface area (Å²) in [5.41, 5.74) is 2.17. The van der Waals surface area contributed by atoms with E-state index >= 15 is 0 Å². The first kappa shape index (κ1) is 18.0. The molecule has 0 amide bonds. The third-order valence-corrected chi connectivity index (χ3v) is 5.10. The van der Waals surface area contributed by atoms with Crippen LogP contribution in [-0.2, 0) is 0 Å². The molecule has 2 aliphatic heterocycles. The van der Waals surface area contributed by atoms with Crippen molar-refractivity contribution >= 4 is 29.3 Å². The number of hydrogen-bond acceptors (Lipinski definition) is 4. The predicted octanol–water partition coefficient (Wildman–Crippen LogP) is 2.99. The quantitative estimate of drug-likeness (QED) is 0.863. The van der Waals surface area contributed by atoms with Crippen molar-refractivity contribution in [3.63, 3.8) is 0 Å². The maximum atomic E-state index is 6.18. The van der Waals surface area contributed by atoms with Gasteiger partial charge in [0.05, 0.1) is 5.02 Å². The zero-order valence-corrected chi connectivity index (χ0v) is 15.8. The number of ether oxygens (including phenoxy) is 1. The number of nitrogens with one attached hydrogen (secondary N) is 1. The summed E-state index contributed by atoms with van der Waals surface area (Å²) in [6.07, 6.45) is 2.13. The largest absolute Gasteiger partial charge is 0.487 e. The van der Waals surface area contributed by atoms with Crippen LogP contribution in [0.25, 0.3) is 6.08 Å². The molecule has 1 N–H and O–H groups in total. The van der Waals surface area contributed by atoms with E-state index in [1.54, 1.807) is 6.07 Å². The van der Waals surface area contributed by atoms with Gasteiger partial charge in [-0.05, 0) is 37.8 Å². The minimum atomic E-state index is 0.443. The first-order valence-corrected chi connectivity index (χ1v) is 9.22. The van der Waals surface area contributed by atoms with Crippen LogP contribution in [0.4, 0.5) is 0 Å². The first-order valence-electron chi connectivity index (χ1n) is 8.47. The minimum Gasteiger partial charge on any atom is -0.487 e. The second-order valence-electron chi connectivity index (χ2n) is 6.78. The molecule has 0 spiro atoms. The van der Waals surface area contributed by atoms with E-state index in [0.29, 0.717) is 22.7 Å². The SMILES string of the molecule is CC(CN1CCN(C)CC1)NCC1=Cc2cc(Cl)cc(Cl)c2OC1. The Balaban J connectivity index is 1.52. The normalized spacial score (nSPS) is 20.2. The highest BCUT2D eigenvalue weighted by Crippen LogP contribution is 2.36. The third kappa shape index (κ3) is 4.64. The first-order chi connectivity index (χ1) is 11.5. The summed E-state index contributed by atoms with van der Waals surface area (Å²) in [6, 6.07) is 4.06. The summed E-state index contributed by atoms with van der Waals surface area (Å²) in [6.45, 7) is 9.33. The van der Waals surface area contributed by atoms with Crippen LogP contribution in [0.3, 0.4) is 0 Å². The van der Waals surface area contributed by atoms with Crippen LogP contribution in [0.2, 0.25) is 10.0 Å². The van der Waals surface area contributed by atoms with E-state index in [4.69, 9.17) is 27.9 Å². The molecule has 1 aromatic carbocycles. The fraction of sp³-hybridized carbons (Fsp3) is 0.556. The van der Waals surface area contributed by atoms with Crippen LogP contribution >= 0.6 is 23.2 Å². The third-order valence-electron chi connectivity index (χ3n) is 4.60. The van der Waals surface area contributed by atoms with Crippen molar-refractivity contribution in [3.8, 4) is 5.75 Å². The summed E-state index contributed by atoms with van der Waals surface area (Å²) < 4.78 is 5.80. The second-order valence-corrected chi connectivity index (χ2v) is 7.63. The lowest BCUT2D eigenvalue weighted by atomic mass is 10.1. The lowest BCUT2D eigenvalue weighted by Crippen LogP contribution is -2.49. The molecule has 1 fully saturated rings. The molecule has 1 unspecified atom stereocenters. The number of likely N-dealkylation sites (N-methyl/N-ethyl adjacent to an activating group) is 1. The van der Waals surface area contributed by atoms with E-state index in [1.807, 2.05) is 6.07 Å². The molecule has 1 atom stereocenters.